The van der Waals surface area contributed by atoms with E-state index in [2.05, 4.69) is 10.6 Å². The van der Waals surface area contributed by atoms with Crippen molar-refractivity contribution in [3.63, 3.8) is 0 Å². The van der Waals surface area contributed by atoms with Gasteiger partial charge in [-0.15, -0.1) is 0 Å². The Kier molecular flexibility index (Phi) is 4.72. The monoisotopic (exact) mass is 369 g/mol. The van der Waals surface area contributed by atoms with Crippen molar-refractivity contribution in [2.45, 2.75) is 5.92 Å². The summed E-state index contributed by atoms with van der Waals surface area (Å²) in [5.74, 6) is -0.796. The van der Waals surface area contributed by atoms with Crippen molar-refractivity contribution >= 4 is 28.9 Å². The summed E-state index contributed by atoms with van der Waals surface area (Å²) in [4.78, 5) is 29.6. The predicted molar refractivity (Wildman–Crippen MR) is 110 cm³/mol. The van der Waals surface area contributed by atoms with Gasteiger partial charge in [0.2, 0.25) is 5.91 Å². The molecule has 3 aromatic carbocycles. The first-order valence-corrected chi connectivity index (χ1v) is 9.03. The predicted octanol–water partition coefficient (Wildman–Crippen LogP) is 3.90. The van der Waals surface area contributed by atoms with E-state index in [9.17, 15) is 9.59 Å². The summed E-state index contributed by atoms with van der Waals surface area (Å²) in [5.41, 5.74) is 4.36. The second-order valence-electron chi connectivity index (χ2n) is 6.50. The molecule has 5 heteroatoms. The molecule has 28 heavy (non-hydrogen) atoms. The van der Waals surface area contributed by atoms with E-state index in [1.807, 2.05) is 60.7 Å². The highest BCUT2D eigenvalue weighted by Gasteiger charge is 2.35. The molecule has 0 fully saturated rings. The van der Waals surface area contributed by atoms with Gasteiger partial charge in [-0.3, -0.25) is 14.6 Å². The maximum atomic E-state index is 12.8. The molecule has 1 heterocycles. The van der Waals surface area contributed by atoms with E-state index in [-0.39, 0.29) is 11.8 Å². The highest BCUT2D eigenvalue weighted by Crippen LogP contribution is 2.36. The number of para-hydroxylation sites is 1. The summed E-state index contributed by atoms with van der Waals surface area (Å²) in [7, 11) is 1.59. The van der Waals surface area contributed by atoms with E-state index >= 15 is 0 Å². The lowest BCUT2D eigenvalue weighted by molar-refractivity contribution is -0.115. The maximum absolute atomic E-state index is 12.8. The number of fused-ring (bicyclic) bond motifs is 1. The lowest BCUT2D eigenvalue weighted by Gasteiger charge is -2.14. The topological polar surface area (TPSA) is 70.6 Å². The smallest absolute Gasteiger partial charge is 0.251 e. The third-order valence-electron chi connectivity index (χ3n) is 4.72. The number of hydrogen-bond donors (Lipinski definition) is 2. The van der Waals surface area contributed by atoms with Crippen LogP contribution in [0.15, 0.2) is 83.9 Å². The fourth-order valence-electron chi connectivity index (χ4n) is 3.38. The number of amides is 2. The minimum Gasteiger partial charge on any atom is -0.355 e. The van der Waals surface area contributed by atoms with Crippen molar-refractivity contribution in [2.75, 3.05) is 12.4 Å². The molecule has 4 rings (SSSR count). The molecule has 1 unspecified atom stereocenters. The zero-order valence-electron chi connectivity index (χ0n) is 15.3. The largest absolute Gasteiger partial charge is 0.355 e. The highest BCUT2D eigenvalue weighted by molar-refractivity contribution is 6.24. The summed E-state index contributed by atoms with van der Waals surface area (Å²) < 4.78 is 0. The van der Waals surface area contributed by atoms with Crippen LogP contribution in [0, 0.1) is 0 Å². The third kappa shape index (κ3) is 3.30. The van der Waals surface area contributed by atoms with E-state index in [1.54, 1.807) is 25.2 Å². The van der Waals surface area contributed by atoms with Gasteiger partial charge in [-0.2, -0.15) is 0 Å². The first-order chi connectivity index (χ1) is 13.7. The minimum atomic E-state index is -0.512. The van der Waals surface area contributed by atoms with Crippen LogP contribution in [0.5, 0.6) is 0 Å². The molecule has 5 nitrogen and oxygen atoms in total. The van der Waals surface area contributed by atoms with Crippen LogP contribution in [-0.2, 0) is 4.79 Å². The van der Waals surface area contributed by atoms with Crippen LogP contribution in [0.25, 0.3) is 0 Å². The van der Waals surface area contributed by atoms with Crippen LogP contribution >= 0.6 is 0 Å². The van der Waals surface area contributed by atoms with Gasteiger partial charge in [0.1, 0.15) is 5.92 Å². The molecule has 0 bridgehead atoms. The van der Waals surface area contributed by atoms with Crippen LogP contribution in [0.1, 0.15) is 27.4 Å². The molecule has 3 aromatic rings. The van der Waals surface area contributed by atoms with Crippen molar-refractivity contribution in [3.8, 4) is 0 Å². The van der Waals surface area contributed by atoms with E-state index in [4.69, 9.17) is 4.99 Å². The first kappa shape index (κ1) is 17.7. The lowest BCUT2D eigenvalue weighted by atomic mass is 9.90. The molecule has 0 saturated carbocycles. The van der Waals surface area contributed by atoms with Gasteiger partial charge in [0.25, 0.3) is 5.91 Å². The molecule has 138 valence electrons. The third-order valence-corrected chi connectivity index (χ3v) is 4.72. The van der Waals surface area contributed by atoms with Crippen molar-refractivity contribution in [1.29, 1.82) is 0 Å². The molecular formula is C23H19N3O2. The van der Waals surface area contributed by atoms with E-state index < -0.39 is 5.92 Å². The van der Waals surface area contributed by atoms with E-state index in [0.717, 1.165) is 16.8 Å². The number of carbonyl (C=O) groups excluding carboxylic acids is 2. The Hall–Kier alpha value is -3.73. The van der Waals surface area contributed by atoms with Crippen LogP contribution in [0.3, 0.4) is 0 Å². The van der Waals surface area contributed by atoms with E-state index in [0.29, 0.717) is 17.0 Å². The summed E-state index contributed by atoms with van der Waals surface area (Å²) >= 11 is 0. The lowest BCUT2D eigenvalue weighted by Crippen LogP contribution is -2.22. The van der Waals surface area contributed by atoms with E-state index in [1.165, 1.54) is 0 Å². The Bertz CT molecular complexity index is 1070. The Morgan fingerprint density at radius 2 is 1.64 bits per heavy atom. The molecule has 1 aliphatic rings. The Balaban J connectivity index is 1.86. The second-order valence-corrected chi connectivity index (χ2v) is 6.50. The maximum Gasteiger partial charge on any atom is 0.251 e. The number of hydrogen-bond acceptors (Lipinski definition) is 3. The average Bonchev–Trinajstić information content (AvgIpc) is 3.08. The van der Waals surface area contributed by atoms with Crippen LogP contribution in [0.4, 0.5) is 11.4 Å². The Morgan fingerprint density at radius 3 is 2.43 bits per heavy atom. The summed E-state index contributed by atoms with van der Waals surface area (Å²) in [6, 6.07) is 24.4. The number of rotatable bonds is 4. The van der Waals surface area contributed by atoms with Crippen molar-refractivity contribution in [3.05, 3.63) is 95.6 Å². The van der Waals surface area contributed by atoms with Gasteiger partial charge in [-0.05, 0) is 35.4 Å². The fraction of sp³-hybridized carbons (Fsp3) is 0.0870. The molecule has 2 amide bonds. The van der Waals surface area contributed by atoms with Gasteiger partial charge in [-0.1, -0.05) is 54.6 Å². The number of nitrogens with zero attached hydrogens (tertiary/aromatic N) is 1. The summed E-state index contributed by atoms with van der Waals surface area (Å²) in [5, 5.41) is 5.56. The van der Waals surface area contributed by atoms with Gasteiger partial charge >= 0.3 is 0 Å². The number of benzene rings is 3. The number of aliphatic imine (C=N–C) groups is 1. The SMILES string of the molecule is CNC(=O)c1cccc(N=C(c2ccccc2)C2C(=O)Nc3ccccc32)c1. The second kappa shape index (κ2) is 7.48. The quantitative estimate of drug-likeness (QED) is 0.685. The van der Waals surface area contributed by atoms with Gasteiger partial charge in [-0.25, -0.2) is 0 Å². The van der Waals surface area contributed by atoms with Crippen LogP contribution in [-0.4, -0.2) is 24.6 Å². The standard InChI is InChI=1S/C23H19N3O2/c1-24-22(27)16-10-7-11-17(14-16)25-21(15-8-3-2-4-9-15)20-18-12-5-6-13-19(18)26-23(20)28/h2-14,20H,1H3,(H,24,27)(H,26,28). The molecule has 0 aliphatic carbocycles. The van der Waals surface area contributed by atoms with Gasteiger partial charge in [0, 0.05) is 18.3 Å². The van der Waals surface area contributed by atoms with Crippen molar-refractivity contribution in [2.24, 2.45) is 4.99 Å². The number of anilines is 1. The summed E-state index contributed by atoms with van der Waals surface area (Å²) in [6.45, 7) is 0. The molecule has 0 radical (unpaired) electrons. The summed E-state index contributed by atoms with van der Waals surface area (Å²) in [6.07, 6.45) is 0. The van der Waals surface area contributed by atoms with Crippen LogP contribution < -0.4 is 10.6 Å². The zero-order chi connectivity index (χ0) is 19.5. The van der Waals surface area contributed by atoms with Crippen LogP contribution in [0.2, 0.25) is 0 Å². The first-order valence-electron chi connectivity index (χ1n) is 9.03. The van der Waals surface area contributed by atoms with Crippen molar-refractivity contribution < 1.29 is 9.59 Å². The molecule has 1 atom stereocenters. The fourth-order valence-corrected chi connectivity index (χ4v) is 3.38. The Labute approximate surface area is 163 Å². The molecule has 0 aromatic heterocycles. The molecule has 0 saturated heterocycles. The molecule has 2 N–H and O–H groups in total. The number of nitrogens with one attached hydrogen (secondary N) is 2. The number of carbonyl (C=O) groups is 2. The van der Waals surface area contributed by atoms with Gasteiger partial charge in [0.15, 0.2) is 0 Å². The highest BCUT2D eigenvalue weighted by atomic mass is 16.2. The normalized spacial score (nSPS) is 15.7. The molecule has 1 aliphatic heterocycles. The zero-order valence-corrected chi connectivity index (χ0v) is 15.3. The average molecular weight is 369 g/mol. The minimum absolute atomic E-state index is 0.105. The molecular weight excluding hydrogens is 350 g/mol. The molecule has 0 spiro atoms. The van der Waals surface area contributed by atoms with Crippen molar-refractivity contribution in [1.82, 2.24) is 5.32 Å². The van der Waals surface area contributed by atoms with Gasteiger partial charge in [0.05, 0.1) is 11.4 Å². The Morgan fingerprint density at radius 1 is 0.929 bits per heavy atom. The van der Waals surface area contributed by atoms with Gasteiger partial charge < -0.3 is 10.6 Å².